The van der Waals surface area contributed by atoms with Crippen molar-refractivity contribution in [3.63, 3.8) is 0 Å². The number of sulfone groups is 1. The van der Waals surface area contributed by atoms with Crippen LogP contribution in [-0.4, -0.2) is 62.1 Å². The summed E-state index contributed by atoms with van der Waals surface area (Å²) in [6.07, 6.45) is 4.74. The maximum Gasteiger partial charge on any atom is 0.254 e. The molecule has 2 atom stereocenters. The Bertz CT molecular complexity index is 751. The number of rotatable bonds is 6. The highest BCUT2D eigenvalue weighted by Crippen LogP contribution is 2.33. The number of benzene rings is 1. The van der Waals surface area contributed by atoms with Gasteiger partial charge < -0.3 is 14.4 Å². The summed E-state index contributed by atoms with van der Waals surface area (Å²) in [4.78, 5) is 14.8. The lowest BCUT2D eigenvalue weighted by Gasteiger charge is -2.28. The van der Waals surface area contributed by atoms with E-state index in [9.17, 15) is 13.2 Å². The van der Waals surface area contributed by atoms with Crippen LogP contribution in [-0.2, 0) is 14.6 Å². The molecular weight excluding hydrogens is 354 g/mol. The van der Waals surface area contributed by atoms with Gasteiger partial charge in [-0.25, -0.2) is 8.42 Å². The fraction of sp³-hybridized carbons (Fsp3) is 0.632. The van der Waals surface area contributed by atoms with E-state index in [1.807, 2.05) is 4.90 Å². The van der Waals surface area contributed by atoms with Gasteiger partial charge in [-0.3, -0.25) is 4.79 Å². The lowest BCUT2D eigenvalue weighted by Crippen LogP contribution is -2.42. The number of carbonyl (C=O) groups is 1. The Morgan fingerprint density at radius 2 is 1.88 bits per heavy atom. The second-order valence-electron chi connectivity index (χ2n) is 7.47. The summed E-state index contributed by atoms with van der Waals surface area (Å²) >= 11 is 0. The van der Waals surface area contributed by atoms with E-state index in [1.54, 1.807) is 24.3 Å². The summed E-state index contributed by atoms with van der Waals surface area (Å²) < 4.78 is 34.9. The smallest absolute Gasteiger partial charge is 0.254 e. The first-order chi connectivity index (χ1) is 12.5. The quantitative estimate of drug-likeness (QED) is 0.756. The molecule has 0 bridgehead atoms. The molecule has 1 amide bonds. The van der Waals surface area contributed by atoms with Gasteiger partial charge in [0, 0.05) is 24.3 Å². The Hall–Kier alpha value is -1.60. The van der Waals surface area contributed by atoms with Crippen molar-refractivity contribution in [2.24, 2.45) is 0 Å². The van der Waals surface area contributed by atoms with E-state index in [0.717, 1.165) is 38.0 Å². The molecule has 7 heteroatoms. The zero-order valence-electron chi connectivity index (χ0n) is 14.8. The third kappa shape index (κ3) is 4.04. The number of ether oxygens (including phenoxy) is 2. The summed E-state index contributed by atoms with van der Waals surface area (Å²) in [5.74, 6) is 0.931. The standard InChI is InChI=1S/C19H25NO5S/c21-19(20(15-5-6-15)16-9-11-26(22,23)13-16)14-3-7-17(8-4-14)25-12-18-2-1-10-24-18/h3-4,7-8,15-16,18H,1-2,5-6,9-13H2. The van der Waals surface area contributed by atoms with Crippen LogP contribution in [0.25, 0.3) is 0 Å². The first kappa shape index (κ1) is 17.8. The van der Waals surface area contributed by atoms with E-state index in [1.165, 1.54) is 0 Å². The first-order valence-corrected chi connectivity index (χ1v) is 11.2. The summed E-state index contributed by atoms with van der Waals surface area (Å²) in [5.41, 5.74) is 0.589. The van der Waals surface area contributed by atoms with Gasteiger partial charge in [0.15, 0.2) is 9.84 Å². The molecule has 4 rings (SSSR count). The van der Waals surface area contributed by atoms with Gasteiger partial charge in [-0.05, 0) is 56.4 Å². The molecule has 1 aromatic rings. The van der Waals surface area contributed by atoms with Gasteiger partial charge in [-0.2, -0.15) is 0 Å². The topological polar surface area (TPSA) is 72.9 Å². The molecule has 3 fully saturated rings. The second-order valence-corrected chi connectivity index (χ2v) is 9.70. The molecule has 2 saturated heterocycles. The van der Waals surface area contributed by atoms with E-state index in [4.69, 9.17) is 9.47 Å². The fourth-order valence-corrected chi connectivity index (χ4v) is 5.50. The van der Waals surface area contributed by atoms with Crippen molar-refractivity contribution < 1.29 is 22.7 Å². The van der Waals surface area contributed by atoms with Crippen LogP contribution in [0, 0.1) is 0 Å². The van der Waals surface area contributed by atoms with Crippen molar-refractivity contribution in [3.05, 3.63) is 29.8 Å². The minimum atomic E-state index is -3.01. The van der Waals surface area contributed by atoms with Crippen LogP contribution in [0.15, 0.2) is 24.3 Å². The van der Waals surface area contributed by atoms with E-state index in [-0.39, 0.29) is 35.6 Å². The van der Waals surface area contributed by atoms with Gasteiger partial charge in [-0.1, -0.05) is 0 Å². The third-order valence-corrected chi connectivity index (χ3v) is 7.09. The molecule has 26 heavy (non-hydrogen) atoms. The molecular formula is C19H25NO5S. The summed E-state index contributed by atoms with van der Waals surface area (Å²) in [7, 11) is -3.01. The van der Waals surface area contributed by atoms with Crippen molar-refractivity contribution in [2.75, 3.05) is 24.7 Å². The van der Waals surface area contributed by atoms with Crippen LogP contribution in [0.2, 0.25) is 0 Å². The highest BCUT2D eigenvalue weighted by Gasteiger charge is 2.42. The average Bonchev–Trinajstić information content (AvgIpc) is 3.18. The lowest BCUT2D eigenvalue weighted by molar-refractivity contribution is 0.0671. The van der Waals surface area contributed by atoms with E-state index in [2.05, 4.69) is 0 Å². The van der Waals surface area contributed by atoms with Crippen LogP contribution in [0.4, 0.5) is 0 Å². The van der Waals surface area contributed by atoms with Crippen LogP contribution < -0.4 is 4.74 Å². The van der Waals surface area contributed by atoms with Crippen molar-refractivity contribution in [3.8, 4) is 5.75 Å². The summed E-state index contributed by atoms with van der Waals surface area (Å²) in [6.45, 7) is 1.33. The third-order valence-electron chi connectivity index (χ3n) is 5.34. The molecule has 2 unspecified atom stereocenters. The fourth-order valence-electron chi connectivity index (χ4n) is 3.79. The van der Waals surface area contributed by atoms with Gasteiger partial charge in [0.25, 0.3) is 5.91 Å². The lowest BCUT2D eigenvalue weighted by atomic mass is 10.1. The molecule has 142 valence electrons. The maximum atomic E-state index is 13.0. The molecule has 0 radical (unpaired) electrons. The van der Waals surface area contributed by atoms with Crippen molar-refractivity contribution in [1.29, 1.82) is 0 Å². The van der Waals surface area contributed by atoms with Crippen LogP contribution in [0.1, 0.15) is 42.5 Å². The Morgan fingerprint density at radius 3 is 2.46 bits per heavy atom. The van der Waals surface area contributed by atoms with Gasteiger partial charge >= 0.3 is 0 Å². The van der Waals surface area contributed by atoms with Crippen LogP contribution in [0.5, 0.6) is 5.75 Å². The Labute approximate surface area is 154 Å². The molecule has 6 nitrogen and oxygen atoms in total. The number of nitrogens with zero attached hydrogens (tertiary/aromatic N) is 1. The second kappa shape index (κ2) is 7.19. The first-order valence-electron chi connectivity index (χ1n) is 9.39. The number of amides is 1. The highest BCUT2D eigenvalue weighted by atomic mass is 32.2. The summed E-state index contributed by atoms with van der Waals surface area (Å²) in [5, 5.41) is 0. The highest BCUT2D eigenvalue weighted by molar-refractivity contribution is 7.91. The average molecular weight is 379 g/mol. The van der Waals surface area contributed by atoms with Crippen LogP contribution >= 0.6 is 0 Å². The molecule has 0 N–H and O–H groups in total. The van der Waals surface area contributed by atoms with Gasteiger partial charge in [0.2, 0.25) is 0 Å². The Balaban J connectivity index is 1.41. The predicted octanol–water partition coefficient (Wildman–Crippen LogP) is 2.04. The minimum Gasteiger partial charge on any atom is -0.491 e. The molecule has 3 aliphatic rings. The van der Waals surface area contributed by atoms with Crippen molar-refractivity contribution in [1.82, 2.24) is 4.90 Å². The molecule has 0 aromatic heterocycles. The molecule has 0 spiro atoms. The van der Waals surface area contributed by atoms with E-state index >= 15 is 0 Å². The number of carbonyl (C=O) groups excluding carboxylic acids is 1. The van der Waals surface area contributed by atoms with E-state index in [0.29, 0.717) is 18.6 Å². The predicted molar refractivity (Wildman–Crippen MR) is 97.2 cm³/mol. The molecule has 1 saturated carbocycles. The van der Waals surface area contributed by atoms with E-state index < -0.39 is 9.84 Å². The maximum absolute atomic E-state index is 13.0. The monoisotopic (exact) mass is 379 g/mol. The number of hydrogen-bond acceptors (Lipinski definition) is 5. The Kier molecular flexibility index (Phi) is 4.92. The zero-order valence-corrected chi connectivity index (χ0v) is 15.6. The SMILES string of the molecule is O=C(c1ccc(OCC2CCCO2)cc1)N(C1CC1)C1CCS(=O)(=O)C1. The minimum absolute atomic E-state index is 0.0692. The van der Waals surface area contributed by atoms with Gasteiger partial charge in [-0.15, -0.1) is 0 Å². The zero-order chi connectivity index (χ0) is 18.1. The normalized spacial score (nSPS) is 27.4. The van der Waals surface area contributed by atoms with Gasteiger partial charge in [0.1, 0.15) is 12.4 Å². The molecule has 1 aliphatic carbocycles. The largest absolute Gasteiger partial charge is 0.491 e. The van der Waals surface area contributed by atoms with Crippen LogP contribution in [0.3, 0.4) is 0 Å². The van der Waals surface area contributed by atoms with Crippen molar-refractivity contribution >= 4 is 15.7 Å². The van der Waals surface area contributed by atoms with Gasteiger partial charge in [0.05, 0.1) is 17.6 Å². The summed E-state index contributed by atoms with van der Waals surface area (Å²) in [6, 6.07) is 7.15. The molecule has 1 aromatic carbocycles. The molecule has 2 aliphatic heterocycles. The Morgan fingerprint density at radius 1 is 1.12 bits per heavy atom. The number of hydrogen-bond donors (Lipinski definition) is 0. The van der Waals surface area contributed by atoms with Crippen molar-refractivity contribution in [2.45, 2.75) is 50.3 Å². The molecule has 2 heterocycles.